The highest BCUT2D eigenvalue weighted by Crippen LogP contribution is 2.41. The maximum atomic E-state index is 13.5. The zero-order valence-electron chi connectivity index (χ0n) is 15.6. The average molecular weight is 387 g/mol. The largest absolute Gasteiger partial charge is 0.454 e. The van der Waals surface area contributed by atoms with Gasteiger partial charge in [0.25, 0.3) is 5.91 Å². The lowest BCUT2D eigenvalue weighted by molar-refractivity contribution is 0.0248. The number of anilines is 1. The Morgan fingerprint density at radius 3 is 2.55 bits per heavy atom. The molecular weight excluding hydrogens is 370 g/mol. The van der Waals surface area contributed by atoms with Gasteiger partial charge in [-0.25, -0.2) is 4.79 Å². The van der Waals surface area contributed by atoms with Crippen LogP contribution in [0.5, 0.6) is 11.5 Å². The molecule has 0 N–H and O–H groups in total. The Bertz CT molecular complexity index is 1120. The topological polar surface area (TPSA) is 65.1 Å². The van der Waals surface area contributed by atoms with Gasteiger partial charge in [0.2, 0.25) is 13.0 Å². The zero-order chi connectivity index (χ0) is 20.0. The molecule has 6 heteroatoms. The summed E-state index contributed by atoms with van der Waals surface area (Å²) in [6.45, 7) is 2.10. The second kappa shape index (κ2) is 6.67. The minimum atomic E-state index is -0.916. The Balaban J connectivity index is 1.63. The maximum absolute atomic E-state index is 13.5. The van der Waals surface area contributed by atoms with Gasteiger partial charge in [-0.2, -0.15) is 0 Å². The lowest BCUT2D eigenvalue weighted by atomic mass is 10.0. The molecule has 0 saturated heterocycles. The number of para-hydroxylation sites is 1. The third-order valence-electron chi connectivity index (χ3n) is 5.04. The van der Waals surface area contributed by atoms with Gasteiger partial charge in [-0.1, -0.05) is 29.8 Å². The van der Waals surface area contributed by atoms with Crippen molar-refractivity contribution in [2.75, 3.05) is 11.7 Å². The number of rotatable bonds is 2. The molecule has 5 rings (SSSR count). The number of carbonyl (C=O) groups excluding carboxylic acids is 2. The minimum absolute atomic E-state index is 0.137. The molecule has 1 unspecified atom stereocenters. The molecule has 144 valence electrons. The molecule has 0 aliphatic carbocycles. The van der Waals surface area contributed by atoms with Crippen LogP contribution in [0.15, 0.2) is 66.7 Å². The van der Waals surface area contributed by atoms with Crippen molar-refractivity contribution in [1.29, 1.82) is 0 Å². The van der Waals surface area contributed by atoms with Crippen LogP contribution in [0.4, 0.5) is 5.69 Å². The van der Waals surface area contributed by atoms with E-state index in [0.29, 0.717) is 33.9 Å². The third-order valence-corrected chi connectivity index (χ3v) is 5.04. The molecule has 0 spiro atoms. The first-order valence-corrected chi connectivity index (χ1v) is 9.21. The first-order valence-electron chi connectivity index (χ1n) is 9.21. The first kappa shape index (κ1) is 17.3. The van der Waals surface area contributed by atoms with Crippen molar-refractivity contribution in [1.82, 2.24) is 0 Å². The zero-order valence-corrected chi connectivity index (χ0v) is 15.6. The molecule has 1 atom stereocenters. The van der Waals surface area contributed by atoms with Gasteiger partial charge in [0.05, 0.1) is 11.3 Å². The fourth-order valence-corrected chi connectivity index (χ4v) is 3.54. The van der Waals surface area contributed by atoms with E-state index in [2.05, 4.69) is 0 Å². The molecule has 6 nitrogen and oxygen atoms in total. The van der Waals surface area contributed by atoms with E-state index in [0.717, 1.165) is 5.56 Å². The Morgan fingerprint density at radius 2 is 1.72 bits per heavy atom. The van der Waals surface area contributed by atoms with Crippen LogP contribution in [0, 0.1) is 6.92 Å². The van der Waals surface area contributed by atoms with Crippen molar-refractivity contribution < 1.29 is 23.8 Å². The number of hydrogen-bond acceptors (Lipinski definition) is 5. The number of cyclic esters (lactones) is 1. The molecule has 2 heterocycles. The van der Waals surface area contributed by atoms with Crippen molar-refractivity contribution in [3.05, 3.63) is 89.0 Å². The molecule has 3 aromatic rings. The van der Waals surface area contributed by atoms with Crippen LogP contribution in [0.1, 0.15) is 38.1 Å². The van der Waals surface area contributed by atoms with Crippen molar-refractivity contribution >= 4 is 17.6 Å². The lowest BCUT2D eigenvalue weighted by Crippen LogP contribution is -2.41. The molecule has 0 bridgehead atoms. The fraction of sp³-hybridized carbons (Fsp3) is 0.130. The third kappa shape index (κ3) is 2.89. The van der Waals surface area contributed by atoms with Gasteiger partial charge in [0.15, 0.2) is 11.5 Å². The van der Waals surface area contributed by atoms with Gasteiger partial charge in [-0.15, -0.1) is 0 Å². The Hall–Kier alpha value is -3.80. The number of aryl methyl sites for hydroxylation is 1. The summed E-state index contributed by atoms with van der Waals surface area (Å²) >= 11 is 0. The molecule has 1 amide bonds. The van der Waals surface area contributed by atoms with Crippen LogP contribution in [-0.2, 0) is 4.74 Å². The molecular formula is C23H17NO5. The van der Waals surface area contributed by atoms with E-state index < -0.39 is 12.2 Å². The second-order valence-electron chi connectivity index (χ2n) is 6.93. The number of ether oxygens (including phenoxy) is 3. The van der Waals surface area contributed by atoms with Crippen LogP contribution >= 0.6 is 0 Å². The van der Waals surface area contributed by atoms with Gasteiger partial charge in [0.1, 0.15) is 0 Å². The maximum Gasteiger partial charge on any atom is 0.342 e. The van der Waals surface area contributed by atoms with Crippen molar-refractivity contribution in [2.24, 2.45) is 0 Å². The summed E-state index contributed by atoms with van der Waals surface area (Å²) in [5.74, 6) is 0.441. The normalized spacial score (nSPS) is 16.9. The summed E-state index contributed by atoms with van der Waals surface area (Å²) in [6.07, 6.45) is -0.916. The molecule has 0 saturated carbocycles. The van der Waals surface area contributed by atoms with Crippen LogP contribution in [-0.4, -0.2) is 18.7 Å². The number of nitrogens with zero attached hydrogens (tertiary/aromatic N) is 1. The van der Waals surface area contributed by atoms with E-state index >= 15 is 0 Å². The number of carbonyl (C=O) groups is 2. The number of benzene rings is 3. The monoisotopic (exact) mass is 387 g/mol. The molecule has 2 aliphatic heterocycles. The van der Waals surface area contributed by atoms with E-state index in [1.807, 2.05) is 19.1 Å². The highest BCUT2D eigenvalue weighted by Gasteiger charge is 2.38. The van der Waals surface area contributed by atoms with Crippen LogP contribution in [0.3, 0.4) is 0 Å². The molecule has 3 aromatic carbocycles. The number of fused-ring (bicyclic) bond motifs is 2. The highest BCUT2D eigenvalue weighted by atomic mass is 16.7. The number of esters is 1. The molecule has 0 aromatic heterocycles. The summed E-state index contributed by atoms with van der Waals surface area (Å²) in [4.78, 5) is 27.6. The number of amides is 1. The van der Waals surface area contributed by atoms with Crippen molar-refractivity contribution in [3.63, 3.8) is 0 Å². The second-order valence-corrected chi connectivity index (χ2v) is 6.93. The van der Waals surface area contributed by atoms with Crippen molar-refractivity contribution in [3.8, 4) is 11.5 Å². The Kier molecular flexibility index (Phi) is 3.98. The molecule has 0 radical (unpaired) electrons. The molecule has 2 aliphatic rings. The summed E-state index contributed by atoms with van der Waals surface area (Å²) in [5.41, 5.74) is 3.05. The summed E-state index contributed by atoms with van der Waals surface area (Å²) in [7, 11) is 0. The number of hydrogen-bond donors (Lipinski definition) is 0. The van der Waals surface area contributed by atoms with E-state index in [1.54, 1.807) is 54.6 Å². The Labute approximate surface area is 167 Å². The highest BCUT2D eigenvalue weighted by molar-refractivity contribution is 6.11. The molecule has 0 fully saturated rings. The summed E-state index contributed by atoms with van der Waals surface area (Å²) in [5, 5.41) is 0. The Morgan fingerprint density at radius 1 is 0.966 bits per heavy atom. The van der Waals surface area contributed by atoms with E-state index in [-0.39, 0.29) is 12.7 Å². The predicted molar refractivity (Wildman–Crippen MR) is 105 cm³/mol. The van der Waals surface area contributed by atoms with E-state index in [4.69, 9.17) is 14.2 Å². The van der Waals surface area contributed by atoms with E-state index in [9.17, 15) is 9.59 Å². The standard InChI is InChI=1S/C23H17NO5/c1-14-6-8-15(9-7-14)21(25)24-18-5-3-2-4-17(18)23(26)29-22(24)16-10-11-19-20(12-16)28-13-27-19/h2-12,22H,13H2,1H3. The minimum Gasteiger partial charge on any atom is -0.454 e. The fourth-order valence-electron chi connectivity index (χ4n) is 3.54. The smallest absolute Gasteiger partial charge is 0.342 e. The van der Waals surface area contributed by atoms with Gasteiger partial charge in [-0.3, -0.25) is 9.69 Å². The average Bonchev–Trinajstić information content (AvgIpc) is 3.22. The van der Waals surface area contributed by atoms with Crippen LogP contribution in [0.25, 0.3) is 0 Å². The summed E-state index contributed by atoms with van der Waals surface area (Å²) in [6, 6.07) is 19.5. The lowest BCUT2D eigenvalue weighted by Gasteiger charge is -2.36. The predicted octanol–water partition coefficient (Wildman–Crippen LogP) is 4.24. The van der Waals surface area contributed by atoms with Gasteiger partial charge >= 0.3 is 5.97 Å². The SMILES string of the molecule is Cc1ccc(C(=O)N2c3ccccc3C(=O)OC2c2ccc3c(c2)OCO3)cc1. The van der Waals surface area contributed by atoms with Crippen molar-refractivity contribution in [2.45, 2.75) is 13.2 Å². The van der Waals surface area contributed by atoms with Crippen LogP contribution in [0.2, 0.25) is 0 Å². The van der Waals surface area contributed by atoms with E-state index in [1.165, 1.54) is 4.90 Å². The summed E-state index contributed by atoms with van der Waals surface area (Å²) < 4.78 is 16.5. The quantitative estimate of drug-likeness (QED) is 0.616. The first-order chi connectivity index (χ1) is 14.1. The van der Waals surface area contributed by atoms with Gasteiger partial charge < -0.3 is 14.2 Å². The van der Waals surface area contributed by atoms with Gasteiger partial charge in [0, 0.05) is 11.1 Å². The molecule has 29 heavy (non-hydrogen) atoms. The van der Waals surface area contributed by atoms with Gasteiger partial charge in [-0.05, 0) is 49.4 Å². The van der Waals surface area contributed by atoms with Crippen LogP contribution < -0.4 is 14.4 Å².